The van der Waals surface area contributed by atoms with E-state index < -0.39 is 10.0 Å². The third-order valence-corrected chi connectivity index (χ3v) is 3.07. The third kappa shape index (κ3) is 2.45. The van der Waals surface area contributed by atoms with Crippen LogP contribution in [-0.4, -0.2) is 21.5 Å². The molecule has 1 unspecified atom stereocenters. The van der Waals surface area contributed by atoms with Gasteiger partial charge in [-0.15, -0.1) is 0 Å². The van der Waals surface area contributed by atoms with Crippen molar-refractivity contribution in [3.63, 3.8) is 0 Å². The van der Waals surface area contributed by atoms with E-state index in [9.17, 15) is 8.42 Å². The fourth-order valence-electron chi connectivity index (χ4n) is 1.57. The molecule has 0 spiro atoms. The number of hydrogen-bond donors (Lipinski definition) is 1. The third-order valence-electron chi connectivity index (χ3n) is 2.29. The zero-order valence-corrected chi connectivity index (χ0v) is 9.87. The molecule has 1 aliphatic heterocycles. The van der Waals surface area contributed by atoms with Gasteiger partial charge in [-0.1, -0.05) is 6.07 Å². The normalized spacial score (nSPS) is 16.1. The maximum Gasteiger partial charge on any atom is 0.231 e. The minimum Gasteiger partial charge on any atom is -0.454 e. The number of ether oxygens (including phenoxy) is 2. The fourth-order valence-corrected chi connectivity index (χ4v) is 2.35. The van der Waals surface area contributed by atoms with Crippen LogP contribution in [0, 0.1) is 0 Å². The number of fused-ring (bicyclic) bond motifs is 1. The minimum atomic E-state index is -3.21. The Balaban J connectivity index is 2.21. The van der Waals surface area contributed by atoms with Crippen molar-refractivity contribution in [3.05, 3.63) is 23.8 Å². The van der Waals surface area contributed by atoms with Crippen molar-refractivity contribution in [2.75, 3.05) is 13.0 Å². The molecule has 0 saturated carbocycles. The van der Waals surface area contributed by atoms with Crippen LogP contribution in [0.1, 0.15) is 18.5 Å². The van der Waals surface area contributed by atoms with E-state index >= 15 is 0 Å². The summed E-state index contributed by atoms with van der Waals surface area (Å²) in [7, 11) is -3.21. The second-order valence-electron chi connectivity index (χ2n) is 3.72. The molecule has 0 aromatic heterocycles. The Morgan fingerprint density at radius 2 is 2.00 bits per heavy atom. The van der Waals surface area contributed by atoms with Gasteiger partial charge in [-0.2, -0.15) is 0 Å². The van der Waals surface area contributed by atoms with Gasteiger partial charge in [0.2, 0.25) is 16.8 Å². The number of hydrogen-bond acceptors (Lipinski definition) is 4. The minimum absolute atomic E-state index is 0.215. The number of benzene rings is 1. The van der Waals surface area contributed by atoms with E-state index in [0.29, 0.717) is 11.5 Å². The van der Waals surface area contributed by atoms with Crippen LogP contribution in [0.4, 0.5) is 0 Å². The summed E-state index contributed by atoms with van der Waals surface area (Å²) in [6.45, 7) is 1.99. The molecule has 1 heterocycles. The van der Waals surface area contributed by atoms with E-state index in [1.54, 1.807) is 19.1 Å². The molecule has 1 atom stereocenters. The maximum atomic E-state index is 11.1. The van der Waals surface area contributed by atoms with Crippen LogP contribution in [0.3, 0.4) is 0 Å². The molecule has 16 heavy (non-hydrogen) atoms. The highest BCUT2D eigenvalue weighted by Gasteiger charge is 2.17. The second kappa shape index (κ2) is 3.95. The Kier molecular flexibility index (Phi) is 2.77. The van der Waals surface area contributed by atoms with E-state index in [1.165, 1.54) is 0 Å². The molecule has 2 rings (SSSR count). The average Bonchev–Trinajstić information content (AvgIpc) is 2.61. The number of rotatable bonds is 3. The molecule has 0 bridgehead atoms. The van der Waals surface area contributed by atoms with E-state index in [2.05, 4.69) is 4.72 Å². The van der Waals surface area contributed by atoms with Crippen LogP contribution >= 0.6 is 0 Å². The van der Waals surface area contributed by atoms with Crippen LogP contribution in [0.5, 0.6) is 11.5 Å². The Bertz CT molecular complexity index is 498. The number of sulfonamides is 1. The van der Waals surface area contributed by atoms with E-state index in [1.807, 2.05) is 6.07 Å². The maximum absolute atomic E-state index is 11.1. The summed E-state index contributed by atoms with van der Waals surface area (Å²) < 4.78 is 35.1. The Morgan fingerprint density at radius 3 is 2.69 bits per heavy atom. The second-order valence-corrected chi connectivity index (χ2v) is 5.50. The van der Waals surface area contributed by atoms with Gasteiger partial charge < -0.3 is 9.47 Å². The molecule has 0 fully saturated rings. The first kappa shape index (κ1) is 11.2. The zero-order valence-electron chi connectivity index (χ0n) is 9.06. The quantitative estimate of drug-likeness (QED) is 0.861. The lowest BCUT2D eigenvalue weighted by molar-refractivity contribution is 0.174. The van der Waals surface area contributed by atoms with E-state index in [-0.39, 0.29) is 12.8 Å². The summed E-state index contributed by atoms with van der Waals surface area (Å²) in [6, 6.07) is 5.09. The van der Waals surface area contributed by atoms with Gasteiger partial charge in [0.1, 0.15) is 0 Å². The lowest BCUT2D eigenvalue weighted by Crippen LogP contribution is -2.25. The van der Waals surface area contributed by atoms with Gasteiger partial charge in [-0.05, 0) is 24.6 Å². The largest absolute Gasteiger partial charge is 0.454 e. The summed E-state index contributed by atoms with van der Waals surface area (Å²) in [5.41, 5.74) is 0.842. The summed E-state index contributed by atoms with van der Waals surface area (Å²) in [4.78, 5) is 0. The molecule has 0 amide bonds. The van der Waals surface area contributed by atoms with Gasteiger partial charge in [0, 0.05) is 6.04 Å². The summed E-state index contributed by atoms with van der Waals surface area (Å²) in [6.07, 6.45) is 1.14. The lowest BCUT2D eigenvalue weighted by Gasteiger charge is -2.12. The predicted molar refractivity (Wildman–Crippen MR) is 59.0 cm³/mol. The highest BCUT2D eigenvalue weighted by molar-refractivity contribution is 7.88. The molecule has 1 aromatic rings. The Morgan fingerprint density at radius 1 is 1.31 bits per heavy atom. The van der Waals surface area contributed by atoms with Crippen molar-refractivity contribution in [1.82, 2.24) is 4.72 Å². The monoisotopic (exact) mass is 243 g/mol. The molecule has 0 saturated heterocycles. The molecule has 5 nitrogen and oxygen atoms in total. The van der Waals surface area contributed by atoms with Crippen molar-refractivity contribution in [2.24, 2.45) is 0 Å². The number of nitrogens with one attached hydrogen (secondary N) is 1. The predicted octanol–water partition coefficient (Wildman–Crippen LogP) is 1.03. The molecule has 1 N–H and O–H groups in total. The molecule has 1 aliphatic rings. The van der Waals surface area contributed by atoms with E-state index in [4.69, 9.17) is 9.47 Å². The van der Waals surface area contributed by atoms with Gasteiger partial charge in [0.05, 0.1) is 6.26 Å². The van der Waals surface area contributed by atoms with Gasteiger partial charge >= 0.3 is 0 Å². The van der Waals surface area contributed by atoms with Crippen molar-refractivity contribution in [2.45, 2.75) is 13.0 Å². The Hall–Kier alpha value is -1.27. The van der Waals surface area contributed by atoms with Gasteiger partial charge in [-0.3, -0.25) is 0 Å². The van der Waals surface area contributed by atoms with Gasteiger partial charge in [0.15, 0.2) is 11.5 Å². The highest BCUT2D eigenvalue weighted by Crippen LogP contribution is 2.34. The zero-order chi connectivity index (χ0) is 11.8. The summed E-state index contributed by atoms with van der Waals surface area (Å²) >= 11 is 0. The van der Waals surface area contributed by atoms with Crippen molar-refractivity contribution in [3.8, 4) is 11.5 Å². The molecular weight excluding hydrogens is 230 g/mol. The topological polar surface area (TPSA) is 64.6 Å². The van der Waals surface area contributed by atoms with Crippen LogP contribution in [0.25, 0.3) is 0 Å². The molecule has 6 heteroatoms. The van der Waals surface area contributed by atoms with E-state index in [0.717, 1.165) is 11.8 Å². The molecule has 88 valence electrons. The highest BCUT2D eigenvalue weighted by atomic mass is 32.2. The van der Waals surface area contributed by atoms with Crippen LogP contribution in [0.2, 0.25) is 0 Å². The lowest BCUT2D eigenvalue weighted by atomic mass is 10.1. The first-order valence-electron chi connectivity index (χ1n) is 4.82. The first-order valence-corrected chi connectivity index (χ1v) is 6.72. The SMILES string of the molecule is CC(NS(C)(=O)=O)c1ccc2c(c1)OCO2. The van der Waals surface area contributed by atoms with Crippen molar-refractivity contribution < 1.29 is 17.9 Å². The molecule has 0 aliphatic carbocycles. The molecule has 0 radical (unpaired) electrons. The molecule has 1 aromatic carbocycles. The summed E-state index contributed by atoms with van der Waals surface area (Å²) in [5, 5.41) is 0. The Labute approximate surface area is 94.4 Å². The smallest absolute Gasteiger partial charge is 0.231 e. The first-order chi connectivity index (χ1) is 7.46. The van der Waals surface area contributed by atoms with Crippen LogP contribution in [0.15, 0.2) is 18.2 Å². The van der Waals surface area contributed by atoms with Gasteiger partial charge in [-0.25, -0.2) is 13.1 Å². The van der Waals surface area contributed by atoms with Crippen LogP contribution in [-0.2, 0) is 10.0 Å². The van der Waals surface area contributed by atoms with Crippen molar-refractivity contribution >= 4 is 10.0 Å². The van der Waals surface area contributed by atoms with Gasteiger partial charge in [0.25, 0.3) is 0 Å². The summed E-state index contributed by atoms with van der Waals surface area (Å²) in [5.74, 6) is 1.34. The van der Waals surface area contributed by atoms with Crippen molar-refractivity contribution in [1.29, 1.82) is 0 Å². The fraction of sp³-hybridized carbons (Fsp3) is 0.400. The van der Waals surface area contributed by atoms with Crippen LogP contribution < -0.4 is 14.2 Å². The molecular formula is C10H13NO4S. The standard InChI is InChI=1S/C10H13NO4S/c1-7(11-16(2,12)13)8-3-4-9-10(5-8)15-6-14-9/h3-5,7,11H,6H2,1-2H3. The average molecular weight is 243 g/mol.